The van der Waals surface area contributed by atoms with Gasteiger partial charge in [-0.2, -0.15) is 5.10 Å². The molecule has 0 aromatic carbocycles. The molecule has 1 saturated heterocycles. The number of nitrogens with zero attached hydrogens (tertiary/aromatic N) is 1. The Labute approximate surface area is 124 Å². The number of H-pyrrole nitrogens is 1. The summed E-state index contributed by atoms with van der Waals surface area (Å²) < 4.78 is 5.94. The summed E-state index contributed by atoms with van der Waals surface area (Å²) in [5.41, 5.74) is 1.13. The van der Waals surface area contributed by atoms with Gasteiger partial charge < -0.3 is 15.4 Å². The molecule has 1 aromatic rings. The van der Waals surface area contributed by atoms with E-state index in [9.17, 15) is 4.79 Å². The Kier molecular flexibility index (Phi) is 3.14. The quantitative estimate of drug-likeness (QED) is 0.790. The smallest absolute Gasteiger partial charge is 0.315 e. The maximum absolute atomic E-state index is 12.2. The van der Waals surface area contributed by atoms with E-state index in [1.165, 1.54) is 25.7 Å². The Hall–Kier alpha value is -1.56. The topological polar surface area (TPSA) is 79.0 Å². The standard InChI is InChI=1S/C15H22N4O2/c20-14(16-9-10-3-7-17-19-10)18-12-11-4-8-21-13(11)15(12)5-1-2-6-15/h3,7,11-13H,1-2,4-6,8-9H2,(H,17,19)(H2,16,18,20)/t11-,12+,13+/m0/s1. The van der Waals surface area contributed by atoms with Crippen LogP contribution in [0.1, 0.15) is 37.8 Å². The zero-order valence-corrected chi connectivity index (χ0v) is 12.1. The third-order valence-corrected chi connectivity index (χ3v) is 5.57. The molecule has 3 atom stereocenters. The van der Waals surface area contributed by atoms with Crippen LogP contribution in [0.3, 0.4) is 0 Å². The van der Waals surface area contributed by atoms with E-state index >= 15 is 0 Å². The molecule has 1 spiro atoms. The summed E-state index contributed by atoms with van der Waals surface area (Å²) in [7, 11) is 0. The van der Waals surface area contributed by atoms with Crippen molar-refractivity contribution in [3.8, 4) is 0 Å². The highest BCUT2D eigenvalue weighted by atomic mass is 16.5. The molecular formula is C15H22N4O2. The zero-order valence-electron chi connectivity index (χ0n) is 12.1. The highest BCUT2D eigenvalue weighted by Crippen LogP contribution is 2.60. The second-order valence-corrected chi connectivity index (χ2v) is 6.57. The minimum Gasteiger partial charge on any atom is -0.377 e. The Bertz CT molecular complexity index is 510. The third kappa shape index (κ3) is 2.04. The number of aromatic nitrogens is 2. The van der Waals surface area contributed by atoms with Crippen molar-refractivity contribution in [2.75, 3.05) is 6.61 Å². The first-order valence-corrected chi connectivity index (χ1v) is 7.94. The Morgan fingerprint density at radius 2 is 2.33 bits per heavy atom. The van der Waals surface area contributed by atoms with Gasteiger partial charge in [-0.1, -0.05) is 12.8 Å². The Balaban J connectivity index is 1.38. The number of ether oxygens (including phenoxy) is 1. The van der Waals surface area contributed by atoms with E-state index in [4.69, 9.17) is 4.74 Å². The fraction of sp³-hybridized carbons (Fsp3) is 0.733. The van der Waals surface area contributed by atoms with Crippen LogP contribution in [-0.2, 0) is 11.3 Å². The summed E-state index contributed by atoms with van der Waals surface area (Å²) in [4.78, 5) is 12.2. The van der Waals surface area contributed by atoms with Crippen LogP contribution in [0.25, 0.3) is 0 Å². The zero-order chi connectivity index (χ0) is 14.3. The van der Waals surface area contributed by atoms with Gasteiger partial charge in [0.1, 0.15) is 0 Å². The predicted molar refractivity (Wildman–Crippen MR) is 76.5 cm³/mol. The van der Waals surface area contributed by atoms with Crippen LogP contribution in [-0.4, -0.2) is 35.0 Å². The number of carbonyl (C=O) groups excluding carboxylic acids is 1. The lowest BCUT2D eigenvalue weighted by atomic mass is 9.54. The average molecular weight is 290 g/mol. The van der Waals surface area contributed by atoms with Gasteiger partial charge in [0.2, 0.25) is 0 Å². The Morgan fingerprint density at radius 1 is 1.48 bits per heavy atom. The Morgan fingerprint density at radius 3 is 3.10 bits per heavy atom. The van der Waals surface area contributed by atoms with Crippen LogP contribution in [0.4, 0.5) is 4.79 Å². The van der Waals surface area contributed by atoms with Crippen molar-refractivity contribution < 1.29 is 9.53 Å². The lowest BCUT2D eigenvalue weighted by Crippen LogP contribution is -2.69. The van der Waals surface area contributed by atoms with Gasteiger partial charge in [0.25, 0.3) is 0 Å². The van der Waals surface area contributed by atoms with Crippen molar-refractivity contribution >= 4 is 6.03 Å². The average Bonchev–Trinajstić information content (AvgIpc) is 3.22. The molecule has 0 radical (unpaired) electrons. The second-order valence-electron chi connectivity index (χ2n) is 6.57. The molecule has 2 amide bonds. The van der Waals surface area contributed by atoms with Crippen molar-refractivity contribution in [1.82, 2.24) is 20.8 Å². The molecule has 3 fully saturated rings. The van der Waals surface area contributed by atoms with E-state index in [2.05, 4.69) is 20.8 Å². The third-order valence-electron chi connectivity index (χ3n) is 5.57. The minimum atomic E-state index is -0.0776. The van der Waals surface area contributed by atoms with Gasteiger partial charge in [0.15, 0.2) is 0 Å². The molecule has 0 bridgehead atoms. The van der Waals surface area contributed by atoms with E-state index in [0.29, 0.717) is 18.6 Å². The van der Waals surface area contributed by atoms with E-state index in [0.717, 1.165) is 18.7 Å². The predicted octanol–water partition coefficient (Wildman–Crippen LogP) is 1.56. The number of hydrogen-bond acceptors (Lipinski definition) is 3. The maximum atomic E-state index is 12.2. The van der Waals surface area contributed by atoms with Crippen LogP contribution in [0.5, 0.6) is 0 Å². The molecule has 6 heteroatoms. The summed E-state index contributed by atoms with van der Waals surface area (Å²) in [6.07, 6.45) is 8.07. The van der Waals surface area contributed by atoms with Crippen molar-refractivity contribution in [3.05, 3.63) is 18.0 Å². The summed E-state index contributed by atoms with van der Waals surface area (Å²) in [6.45, 7) is 1.33. The van der Waals surface area contributed by atoms with Gasteiger partial charge >= 0.3 is 6.03 Å². The number of carbonyl (C=O) groups is 1. The first-order valence-electron chi connectivity index (χ1n) is 7.94. The monoisotopic (exact) mass is 290 g/mol. The molecule has 1 aliphatic heterocycles. The van der Waals surface area contributed by atoms with Crippen LogP contribution >= 0.6 is 0 Å². The van der Waals surface area contributed by atoms with Crippen LogP contribution in [0, 0.1) is 11.3 Å². The molecule has 1 aromatic heterocycles. The maximum Gasteiger partial charge on any atom is 0.315 e. The largest absolute Gasteiger partial charge is 0.377 e. The lowest BCUT2D eigenvalue weighted by molar-refractivity contribution is -0.126. The van der Waals surface area contributed by atoms with Crippen LogP contribution in [0.2, 0.25) is 0 Å². The van der Waals surface area contributed by atoms with Gasteiger partial charge in [-0.05, 0) is 25.3 Å². The van der Waals surface area contributed by atoms with Crippen LogP contribution in [0.15, 0.2) is 12.3 Å². The van der Waals surface area contributed by atoms with Crippen molar-refractivity contribution in [2.24, 2.45) is 11.3 Å². The fourth-order valence-electron chi connectivity index (χ4n) is 4.66. The number of hydrogen-bond donors (Lipinski definition) is 3. The second kappa shape index (κ2) is 5.02. The SMILES string of the molecule is O=C(NCc1ccn[nH]1)N[C@@H]1[C@@H]2CCO[C@H]2C12CCCC2. The van der Waals surface area contributed by atoms with Gasteiger partial charge in [0, 0.05) is 30.2 Å². The molecule has 4 rings (SSSR count). The van der Waals surface area contributed by atoms with Crippen molar-refractivity contribution in [2.45, 2.75) is 50.8 Å². The molecule has 3 N–H and O–H groups in total. The lowest BCUT2D eigenvalue weighted by Gasteiger charge is -2.56. The number of fused-ring (bicyclic) bond motifs is 2. The van der Waals surface area contributed by atoms with Gasteiger partial charge in [-0.15, -0.1) is 0 Å². The number of amides is 2. The number of nitrogens with one attached hydrogen (secondary N) is 3. The number of rotatable bonds is 3. The summed E-state index contributed by atoms with van der Waals surface area (Å²) in [6, 6.07) is 2.07. The first-order chi connectivity index (χ1) is 10.3. The van der Waals surface area contributed by atoms with Crippen molar-refractivity contribution in [1.29, 1.82) is 0 Å². The minimum absolute atomic E-state index is 0.0776. The molecule has 0 unspecified atom stereocenters. The summed E-state index contributed by atoms with van der Waals surface area (Å²) >= 11 is 0. The van der Waals surface area contributed by atoms with Gasteiger partial charge in [-0.3, -0.25) is 5.10 Å². The molecule has 2 heterocycles. The highest BCUT2D eigenvalue weighted by Gasteiger charge is 2.65. The first kappa shape index (κ1) is 13.1. The molecule has 3 aliphatic rings. The number of urea groups is 1. The van der Waals surface area contributed by atoms with E-state index in [1.54, 1.807) is 6.20 Å². The molecule has 2 saturated carbocycles. The molecule has 2 aliphatic carbocycles. The number of aromatic amines is 1. The van der Waals surface area contributed by atoms with E-state index in [1.807, 2.05) is 6.07 Å². The van der Waals surface area contributed by atoms with E-state index in [-0.39, 0.29) is 17.5 Å². The van der Waals surface area contributed by atoms with E-state index < -0.39 is 0 Å². The summed E-state index contributed by atoms with van der Waals surface area (Å²) in [5.74, 6) is 0.515. The van der Waals surface area contributed by atoms with Crippen molar-refractivity contribution in [3.63, 3.8) is 0 Å². The molecular weight excluding hydrogens is 268 g/mol. The van der Waals surface area contributed by atoms with Gasteiger partial charge in [-0.25, -0.2) is 4.79 Å². The molecule has 6 nitrogen and oxygen atoms in total. The van der Waals surface area contributed by atoms with Crippen LogP contribution < -0.4 is 10.6 Å². The normalized spacial score (nSPS) is 32.7. The fourth-order valence-corrected chi connectivity index (χ4v) is 4.66. The molecule has 114 valence electrons. The molecule has 21 heavy (non-hydrogen) atoms. The van der Waals surface area contributed by atoms with Gasteiger partial charge in [0.05, 0.1) is 18.3 Å². The summed E-state index contributed by atoms with van der Waals surface area (Å²) in [5, 5.41) is 12.9. The highest BCUT2D eigenvalue weighted by molar-refractivity contribution is 5.74.